The van der Waals surface area contributed by atoms with Crippen molar-refractivity contribution in [1.82, 2.24) is 4.98 Å². The SMILES string of the molecule is CCC(O)(c1ccc2cccnc2c1)C(C)C. The lowest BCUT2D eigenvalue weighted by molar-refractivity contribution is -0.0139. The van der Waals surface area contributed by atoms with Crippen molar-refractivity contribution >= 4 is 10.9 Å². The summed E-state index contributed by atoms with van der Waals surface area (Å²) in [5.41, 5.74) is 1.14. The fraction of sp³-hybridized carbons (Fsp3) is 0.400. The Bertz CT molecular complexity index is 521. The van der Waals surface area contributed by atoms with E-state index >= 15 is 0 Å². The van der Waals surface area contributed by atoms with Crippen LogP contribution in [0.3, 0.4) is 0 Å². The zero-order chi connectivity index (χ0) is 12.5. The van der Waals surface area contributed by atoms with Crippen molar-refractivity contribution in [2.75, 3.05) is 0 Å². The molecule has 2 aromatic rings. The van der Waals surface area contributed by atoms with Gasteiger partial charge in [0, 0.05) is 11.6 Å². The van der Waals surface area contributed by atoms with Crippen LogP contribution in [0.15, 0.2) is 36.5 Å². The zero-order valence-electron chi connectivity index (χ0n) is 10.6. The van der Waals surface area contributed by atoms with Gasteiger partial charge in [0.25, 0.3) is 0 Å². The van der Waals surface area contributed by atoms with Crippen molar-refractivity contribution in [1.29, 1.82) is 0 Å². The van der Waals surface area contributed by atoms with Crippen LogP contribution in [0.25, 0.3) is 10.9 Å². The normalized spacial score (nSPS) is 15.1. The Morgan fingerprint density at radius 2 is 2.06 bits per heavy atom. The van der Waals surface area contributed by atoms with Crippen molar-refractivity contribution in [3.05, 3.63) is 42.1 Å². The van der Waals surface area contributed by atoms with Crippen molar-refractivity contribution < 1.29 is 5.11 Å². The third-order valence-corrected chi connectivity index (χ3v) is 3.60. The lowest BCUT2D eigenvalue weighted by atomic mass is 9.81. The zero-order valence-corrected chi connectivity index (χ0v) is 10.6. The van der Waals surface area contributed by atoms with Gasteiger partial charge in [-0.05, 0) is 30.0 Å². The summed E-state index contributed by atoms with van der Waals surface area (Å²) < 4.78 is 0. The summed E-state index contributed by atoms with van der Waals surface area (Å²) in [6.07, 6.45) is 2.50. The van der Waals surface area contributed by atoms with Crippen LogP contribution >= 0.6 is 0 Å². The summed E-state index contributed by atoms with van der Waals surface area (Å²) in [6.45, 7) is 6.11. The Hall–Kier alpha value is -1.41. The number of rotatable bonds is 3. The maximum Gasteiger partial charge on any atom is 0.0917 e. The molecule has 0 saturated heterocycles. The second-order valence-electron chi connectivity index (χ2n) is 4.84. The molecule has 2 rings (SSSR count). The predicted molar refractivity (Wildman–Crippen MR) is 70.8 cm³/mol. The molecule has 1 aromatic carbocycles. The van der Waals surface area contributed by atoms with Crippen molar-refractivity contribution in [3.63, 3.8) is 0 Å². The molecule has 1 N–H and O–H groups in total. The maximum absolute atomic E-state index is 10.7. The van der Waals surface area contributed by atoms with Crippen molar-refractivity contribution in [2.24, 2.45) is 5.92 Å². The first-order valence-corrected chi connectivity index (χ1v) is 6.15. The quantitative estimate of drug-likeness (QED) is 0.874. The predicted octanol–water partition coefficient (Wildman–Crippen LogP) is 3.49. The number of hydrogen-bond donors (Lipinski definition) is 1. The second-order valence-corrected chi connectivity index (χ2v) is 4.84. The Morgan fingerprint density at radius 3 is 2.71 bits per heavy atom. The molecule has 17 heavy (non-hydrogen) atoms. The Kier molecular flexibility index (Phi) is 3.16. The first-order valence-electron chi connectivity index (χ1n) is 6.15. The minimum Gasteiger partial charge on any atom is -0.385 e. The first kappa shape index (κ1) is 12.1. The van der Waals surface area contributed by atoms with Crippen molar-refractivity contribution in [2.45, 2.75) is 32.8 Å². The number of nitrogens with zero attached hydrogens (tertiary/aromatic N) is 1. The van der Waals surface area contributed by atoms with Crippen LogP contribution < -0.4 is 0 Å². The molecule has 0 bridgehead atoms. The molecule has 90 valence electrons. The number of fused-ring (bicyclic) bond motifs is 1. The molecule has 0 spiro atoms. The average molecular weight is 229 g/mol. The molecule has 0 saturated carbocycles. The molecule has 0 aliphatic rings. The smallest absolute Gasteiger partial charge is 0.0917 e. The Balaban J connectivity index is 2.55. The molecule has 2 nitrogen and oxygen atoms in total. The molecule has 2 heteroatoms. The monoisotopic (exact) mass is 229 g/mol. The summed E-state index contributed by atoms with van der Waals surface area (Å²) in [6, 6.07) is 10.00. The van der Waals surface area contributed by atoms with Crippen LogP contribution in [0.5, 0.6) is 0 Å². The van der Waals surface area contributed by atoms with Crippen LogP contribution in [-0.2, 0) is 5.60 Å². The third kappa shape index (κ3) is 2.05. The van der Waals surface area contributed by atoms with Gasteiger partial charge in [-0.3, -0.25) is 4.98 Å². The largest absolute Gasteiger partial charge is 0.385 e. The lowest BCUT2D eigenvalue weighted by Crippen LogP contribution is -2.31. The van der Waals surface area contributed by atoms with Crippen LogP contribution in [0.2, 0.25) is 0 Å². The molecule has 1 aromatic heterocycles. The molecule has 0 amide bonds. The molecule has 1 atom stereocenters. The van der Waals surface area contributed by atoms with E-state index in [0.717, 1.165) is 16.5 Å². The maximum atomic E-state index is 10.7. The Morgan fingerprint density at radius 1 is 1.29 bits per heavy atom. The number of aromatic nitrogens is 1. The molecule has 1 heterocycles. The minimum absolute atomic E-state index is 0.189. The average Bonchev–Trinajstić information content (AvgIpc) is 2.37. The van der Waals surface area contributed by atoms with Gasteiger partial charge in [-0.15, -0.1) is 0 Å². The fourth-order valence-electron chi connectivity index (χ4n) is 2.28. The number of benzene rings is 1. The third-order valence-electron chi connectivity index (χ3n) is 3.60. The van der Waals surface area contributed by atoms with Crippen LogP contribution in [-0.4, -0.2) is 10.1 Å². The Labute approximate surface area is 102 Å². The highest BCUT2D eigenvalue weighted by Gasteiger charge is 2.31. The number of pyridine rings is 1. The van der Waals surface area contributed by atoms with Crippen LogP contribution in [0, 0.1) is 5.92 Å². The van der Waals surface area contributed by atoms with Gasteiger partial charge in [-0.25, -0.2) is 0 Å². The van der Waals surface area contributed by atoms with Crippen LogP contribution in [0.4, 0.5) is 0 Å². The van der Waals surface area contributed by atoms with Gasteiger partial charge in [-0.1, -0.05) is 39.0 Å². The van der Waals surface area contributed by atoms with Gasteiger partial charge in [0.15, 0.2) is 0 Å². The highest BCUT2D eigenvalue weighted by molar-refractivity contribution is 5.79. The minimum atomic E-state index is -0.758. The van der Waals surface area contributed by atoms with E-state index < -0.39 is 5.60 Å². The van der Waals surface area contributed by atoms with E-state index in [4.69, 9.17) is 0 Å². The standard InChI is InChI=1S/C15H19NO/c1-4-15(17,11(2)3)13-8-7-12-6-5-9-16-14(12)10-13/h5-11,17H,4H2,1-3H3. The summed E-state index contributed by atoms with van der Waals surface area (Å²) in [4.78, 5) is 4.34. The van der Waals surface area contributed by atoms with Gasteiger partial charge in [0.05, 0.1) is 11.1 Å². The van der Waals surface area contributed by atoms with Gasteiger partial charge in [0.1, 0.15) is 0 Å². The van der Waals surface area contributed by atoms with Gasteiger partial charge in [0.2, 0.25) is 0 Å². The van der Waals surface area contributed by atoms with Gasteiger partial charge in [-0.2, -0.15) is 0 Å². The molecule has 0 aliphatic carbocycles. The summed E-state index contributed by atoms with van der Waals surface area (Å²) in [5, 5.41) is 11.8. The van der Waals surface area contributed by atoms with E-state index in [0.29, 0.717) is 6.42 Å². The van der Waals surface area contributed by atoms with Gasteiger partial charge >= 0.3 is 0 Å². The fourth-order valence-corrected chi connectivity index (χ4v) is 2.28. The van der Waals surface area contributed by atoms with E-state index in [1.807, 2.05) is 51.1 Å². The second kappa shape index (κ2) is 4.46. The van der Waals surface area contributed by atoms with Gasteiger partial charge < -0.3 is 5.11 Å². The van der Waals surface area contributed by atoms with E-state index in [2.05, 4.69) is 4.98 Å². The highest BCUT2D eigenvalue weighted by atomic mass is 16.3. The molecule has 0 aliphatic heterocycles. The number of hydrogen-bond acceptors (Lipinski definition) is 2. The number of aliphatic hydroxyl groups is 1. The molecule has 0 fully saturated rings. The van der Waals surface area contributed by atoms with E-state index in [9.17, 15) is 5.11 Å². The van der Waals surface area contributed by atoms with Crippen LogP contribution in [0.1, 0.15) is 32.8 Å². The lowest BCUT2D eigenvalue weighted by Gasteiger charge is -2.31. The molecular formula is C15H19NO. The van der Waals surface area contributed by atoms with E-state index in [1.165, 1.54) is 0 Å². The van der Waals surface area contributed by atoms with Crippen molar-refractivity contribution in [3.8, 4) is 0 Å². The summed E-state index contributed by atoms with van der Waals surface area (Å²) >= 11 is 0. The molecule has 1 unspecified atom stereocenters. The molecular weight excluding hydrogens is 210 g/mol. The summed E-state index contributed by atoms with van der Waals surface area (Å²) in [7, 11) is 0. The topological polar surface area (TPSA) is 33.1 Å². The highest BCUT2D eigenvalue weighted by Crippen LogP contribution is 2.33. The molecule has 0 radical (unpaired) electrons. The summed E-state index contributed by atoms with van der Waals surface area (Å²) in [5.74, 6) is 0.189. The van der Waals surface area contributed by atoms with E-state index in [-0.39, 0.29) is 5.92 Å². The first-order chi connectivity index (χ1) is 8.08. The van der Waals surface area contributed by atoms with E-state index in [1.54, 1.807) is 6.20 Å².